The van der Waals surface area contributed by atoms with Crippen LogP contribution < -0.4 is 5.32 Å². The summed E-state index contributed by atoms with van der Waals surface area (Å²) in [6.45, 7) is 2.07. The molecule has 0 bridgehead atoms. The van der Waals surface area contributed by atoms with E-state index in [0.717, 1.165) is 0 Å². The topological polar surface area (TPSA) is 69.6 Å². The summed E-state index contributed by atoms with van der Waals surface area (Å²) in [5.41, 5.74) is 0.657. The molecule has 0 spiro atoms. The van der Waals surface area contributed by atoms with Crippen molar-refractivity contribution >= 4 is 17.5 Å². The van der Waals surface area contributed by atoms with Crippen LogP contribution in [0.15, 0.2) is 24.3 Å². The molecule has 4 nitrogen and oxygen atoms in total. The fourth-order valence-electron chi connectivity index (χ4n) is 1.47. The first kappa shape index (κ1) is 15.0. The molecule has 0 aliphatic rings. The number of amides is 1. The standard InChI is InChI=1S/C13H18ClNO3/c1-9(16)6-7-15-13(18)8-12(17)10-2-4-11(14)5-3-10/h2-5,9,12,16-17H,6-8H2,1H3,(H,15,18). The Kier molecular flexibility index (Phi) is 6.12. The van der Waals surface area contributed by atoms with Crippen LogP contribution in [-0.2, 0) is 4.79 Å². The number of halogens is 1. The van der Waals surface area contributed by atoms with Gasteiger partial charge in [0, 0.05) is 11.6 Å². The normalized spacial score (nSPS) is 14.0. The zero-order valence-corrected chi connectivity index (χ0v) is 11.0. The summed E-state index contributed by atoms with van der Waals surface area (Å²) < 4.78 is 0. The highest BCUT2D eigenvalue weighted by Gasteiger charge is 2.12. The van der Waals surface area contributed by atoms with E-state index >= 15 is 0 Å². The average Bonchev–Trinajstić information content (AvgIpc) is 2.29. The molecule has 1 rings (SSSR count). The summed E-state index contributed by atoms with van der Waals surface area (Å²) in [7, 11) is 0. The minimum absolute atomic E-state index is 0.00143. The molecule has 0 radical (unpaired) electrons. The van der Waals surface area contributed by atoms with Gasteiger partial charge < -0.3 is 15.5 Å². The number of aliphatic hydroxyl groups is 2. The summed E-state index contributed by atoms with van der Waals surface area (Å²) in [6, 6.07) is 6.73. The highest BCUT2D eigenvalue weighted by molar-refractivity contribution is 6.30. The lowest BCUT2D eigenvalue weighted by molar-refractivity contribution is -0.123. The molecule has 0 heterocycles. The molecule has 0 aliphatic carbocycles. The number of hydrogen-bond acceptors (Lipinski definition) is 3. The van der Waals surface area contributed by atoms with Gasteiger partial charge in [-0.1, -0.05) is 23.7 Å². The molecular weight excluding hydrogens is 254 g/mol. The van der Waals surface area contributed by atoms with Gasteiger partial charge in [0.25, 0.3) is 0 Å². The van der Waals surface area contributed by atoms with E-state index < -0.39 is 12.2 Å². The molecule has 0 aromatic heterocycles. The molecule has 100 valence electrons. The van der Waals surface area contributed by atoms with Gasteiger partial charge in [-0.15, -0.1) is 0 Å². The number of benzene rings is 1. The molecule has 0 saturated carbocycles. The SMILES string of the molecule is CC(O)CCNC(=O)CC(O)c1ccc(Cl)cc1. The summed E-state index contributed by atoms with van der Waals surface area (Å²) in [4.78, 5) is 11.5. The second-order valence-corrected chi connectivity index (χ2v) is 4.70. The van der Waals surface area contributed by atoms with Crippen molar-refractivity contribution in [1.29, 1.82) is 0 Å². The number of hydrogen-bond donors (Lipinski definition) is 3. The number of aliphatic hydroxyl groups excluding tert-OH is 2. The lowest BCUT2D eigenvalue weighted by Gasteiger charge is -2.11. The Morgan fingerprint density at radius 1 is 1.33 bits per heavy atom. The zero-order chi connectivity index (χ0) is 13.5. The maximum absolute atomic E-state index is 11.5. The minimum Gasteiger partial charge on any atom is -0.393 e. The lowest BCUT2D eigenvalue weighted by atomic mass is 10.1. The maximum Gasteiger partial charge on any atom is 0.222 e. The fraction of sp³-hybridized carbons (Fsp3) is 0.462. The molecule has 1 aromatic rings. The summed E-state index contributed by atoms with van der Waals surface area (Å²) >= 11 is 5.74. The maximum atomic E-state index is 11.5. The smallest absolute Gasteiger partial charge is 0.222 e. The summed E-state index contributed by atoms with van der Waals surface area (Å²) in [6.07, 6.45) is -0.773. The number of nitrogens with one attached hydrogen (secondary N) is 1. The Bertz CT molecular complexity index is 378. The monoisotopic (exact) mass is 271 g/mol. The van der Waals surface area contributed by atoms with E-state index in [1.165, 1.54) is 0 Å². The molecular formula is C13H18ClNO3. The van der Waals surface area contributed by atoms with Gasteiger partial charge in [0.15, 0.2) is 0 Å². The molecule has 0 aliphatic heterocycles. The summed E-state index contributed by atoms with van der Waals surface area (Å²) in [5.74, 6) is -0.238. The van der Waals surface area contributed by atoms with Crippen molar-refractivity contribution in [2.24, 2.45) is 0 Å². The van der Waals surface area contributed by atoms with Gasteiger partial charge in [0.2, 0.25) is 5.91 Å². The largest absolute Gasteiger partial charge is 0.393 e. The van der Waals surface area contributed by atoms with Crippen LogP contribution in [0.2, 0.25) is 5.02 Å². The molecule has 2 atom stereocenters. The van der Waals surface area contributed by atoms with Crippen molar-refractivity contribution in [2.45, 2.75) is 32.0 Å². The second-order valence-electron chi connectivity index (χ2n) is 4.26. The Hall–Kier alpha value is -1.10. The first-order chi connectivity index (χ1) is 8.49. The molecule has 3 N–H and O–H groups in total. The Morgan fingerprint density at radius 2 is 1.94 bits per heavy atom. The van der Waals surface area contributed by atoms with Gasteiger partial charge in [-0.25, -0.2) is 0 Å². The number of carbonyl (C=O) groups is 1. The lowest BCUT2D eigenvalue weighted by Crippen LogP contribution is -2.27. The third-order valence-electron chi connectivity index (χ3n) is 2.52. The predicted octanol–water partition coefficient (Wildman–Crippen LogP) is 1.65. The van der Waals surface area contributed by atoms with Crippen molar-refractivity contribution in [1.82, 2.24) is 5.32 Å². The van der Waals surface area contributed by atoms with Crippen molar-refractivity contribution in [3.63, 3.8) is 0 Å². The van der Waals surface area contributed by atoms with Gasteiger partial charge in [0.1, 0.15) is 0 Å². The molecule has 5 heteroatoms. The molecule has 1 aromatic carbocycles. The van der Waals surface area contributed by atoms with Crippen LogP contribution in [0, 0.1) is 0 Å². The van der Waals surface area contributed by atoms with Crippen LogP contribution in [0.25, 0.3) is 0 Å². The molecule has 1 amide bonds. The van der Waals surface area contributed by atoms with Crippen LogP contribution in [0.3, 0.4) is 0 Å². The molecule has 0 saturated heterocycles. The minimum atomic E-state index is -0.839. The van der Waals surface area contributed by atoms with Crippen molar-refractivity contribution < 1.29 is 15.0 Å². The van der Waals surface area contributed by atoms with Crippen LogP contribution in [0.4, 0.5) is 0 Å². The Morgan fingerprint density at radius 3 is 2.50 bits per heavy atom. The first-order valence-corrected chi connectivity index (χ1v) is 6.25. The molecule has 2 unspecified atom stereocenters. The van der Waals surface area contributed by atoms with Gasteiger partial charge in [-0.3, -0.25) is 4.79 Å². The highest BCUT2D eigenvalue weighted by Crippen LogP contribution is 2.18. The van der Waals surface area contributed by atoms with Crippen LogP contribution in [0.5, 0.6) is 0 Å². The highest BCUT2D eigenvalue weighted by atomic mass is 35.5. The quantitative estimate of drug-likeness (QED) is 0.737. The Labute approximate surface area is 112 Å². The average molecular weight is 272 g/mol. The van der Waals surface area contributed by atoms with E-state index in [4.69, 9.17) is 16.7 Å². The van der Waals surface area contributed by atoms with E-state index in [-0.39, 0.29) is 12.3 Å². The molecule has 18 heavy (non-hydrogen) atoms. The van der Waals surface area contributed by atoms with E-state index in [0.29, 0.717) is 23.6 Å². The number of rotatable bonds is 6. The zero-order valence-electron chi connectivity index (χ0n) is 10.3. The van der Waals surface area contributed by atoms with E-state index in [9.17, 15) is 9.90 Å². The van der Waals surface area contributed by atoms with Gasteiger partial charge in [-0.2, -0.15) is 0 Å². The first-order valence-electron chi connectivity index (χ1n) is 5.87. The van der Waals surface area contributed by atoms with Crippen LogP contribution in [0.1, 0.15) is 31.4 Å². The third kappa shape index (κ3) is 5.49. The van der Waals surface area contributed by atoms with Crippen molar-refractivity contribution in [3.05, 3.63) is 34.9 Å². The second kappa shape index (κ2) is 7.36. The van der Waals surface area contributed by atoms with Crippen molar-refractivity contribution in [2.75, 3.05) is 6.54 Å². The van der Waals surface area contributed by atoms with Gasteiger partial charge in [0.05, 0.1) is 18.6 Å². The predicted molar refractivity (Wildman–Crippen MR) is 70.3 cm³/mol. The van der Waals surface area contributed by atoms with Gasteiger partial charge in [-0.05, 0) is 31.0 Å². The van der Waals surface area contributed by atoms with Crippen molar-refractivity contribution in [3.8, 4) is 0 Å². The van der Waals surface area contributed by atoms with Crippen LogP contribution >= 0.6 is 11.6 Å². The molecule has 0 fully saturated rings. The van der Waals surface area contributed by atoms with E-state index in [1.54, 1.807) is 31.2 Å². The summed E-state index contributed by atoms with van der Waals surface area (Å²) in [5, 5.41) is 22.1. The third-order valence-corrected chi connectivity index (χ3v) is 2.77. The number of carbonyl (C=O) groups excluding carboxylic acids is 1. The Balaban J connectivity index is 2.37. The van der Waals surface area contributed by atoms with E-state index in [2.05, 4.69) is 5.32 Å². The fourth-order valence-corrected chi connectivity index (χ4v) is 1.60. The van der Waals surface area contributed by atoms with Gasteiger partial charge >= 0.3 is 0 Å². The van der Waals surface area contributed by atoms with Crippen LogP contribution in [-0.4, -0.2) is 28.8 Å². The van der Waals surface area contributed by atoms with E-state index in [1.807, 2.05) is 0 Å².